The molecule has 1 amide bonds. The standard InChI is InChI=1S/C19H26FN5O2S/c1-2-3-17-22-23-19(28)25(17)13-18(26)21-12-16(24-8-10-27-11-9-24)14-4-6-15(20)7-5-14/h4-7,16H,2-3,8-13H2,1H3,(H,21,26)(H,23,28). The van der Waals surface area contributed by atoms with Crippen LogP contribution in [0.1, 0.15) is 30.8 Å². The molecule has 0 radical (unpaired) electrons. The van der Waals surface area contributed by atoms with E-state index in [1.54, 1.807) is 16.7 Å². The first-order valence-electron chi connectivity index (χ1n) is 9.56. The van der Waals surface area contributed by atoms with Gasteiger partial charge >= 0.3 is 0 Å². The molecule has 0 aliphatic carbocycles. The molecule has 9 heteroatoms. The Morgan fingerprint density at radius 2 is 2.07 bits per heavy atom. The number of ether oxygens (including phenoxy) is 1. The van der Waals surface area contributed by atoms with Crippen LogP contribution in [0.2, 0.25) is 0 Å². The highest BCUT2D eigenvalue weighted by Crippen LogP contribution is 2.21. The molecule has 7 nitrogen and oxygen atoms in total. The third-order valence-electron chi connectivity index (χ3n) is 4.85. The molecule has 0 spiro atoms. The van der Waals surface area contributed by atoms with E-state index in [9.17, 15) is 9.18 Å². The summed E-state index contributed by atoms with van der Waals surface area (Å²) in [7, 11) is 0. The van der Waals surface area contributed by atoms with Crippen molar-refractivity contribution in [2.45, 2.75) is 32.4 Å². The second-order valence-corrected chi connectivity index (χ2v) is 7.19. The predicted molar refractivity (Wildman–Crippen MR) is 106 cm³/mol. The molecule has 152 valence electrons. The number of hydrogen-bond donors (Lipinski definition) is 2. The first-order chi connectivity index (χ1) is 13.6. The van der Waals surface area contributed by atoms with E-state index in [0.29, 0.717) is 24.5 Å². The Labute approximate surface area is 168 Å². The van der Waals surface area contributed by atoms with Crippen LogP contribution in [0, 0.1) is 10.6 Å². The molecule has 1 aromatic heterocycles. The Morgan fingerprint density at radius 1 is 1.36 bits per heavy atom. The van der Waals surface area contributed by atoms with Gasteiger partial charge in [-0.15, -0.1) is 0 Å². The summed E-state index contributed by atoms with van der Waals surface area (Å²) < 4.78 is 20.9. The van der Waals surface area contributed by atoms with Crippen molar-refractivity contribution in [2.75, 3.05) is 32.8 Å². The molecule has 1 fully saturated rings. The van der Waals surface area contributed by atoms with Crippen molar-refractivity contribution >= 4 is 18.1 Å². The molecule has 1 atom stereocenters. The zero-order valence-electron chi connectivity index (χ0n) is 16.0. The molecule has 2 aromatic rings. The van der Waals surface area contributed by atoms with Crippen LogP contribution in [0.4, 0.5) is 4.39 Å². The average Bonchev–Trinajstić information content (AvgIpc) is 3.04. The number of nitrogens with zero attached hydrogens (tertiary/aromatic N) is 3. The number of H-pyrrole nitrogens is 1. The maximum atomic E-state index is 13.3. The SMILES string of the molecule is CCCc1n[nH]c(=S)n1CC(=O)NCC(c1ccc(F)cc1)N1CCOCC1. The lowest BCUT2D eigenvalue weighted by Gasteiger charge is -2.35. The summed E-state index contributed by atoms with van der Waals surface area (Å²) in [6.07, 6.45) is 1.68. The van der Waals surface area contributed by atoms with E-state index in [1.807, 2.05) is 0 Å². The molecule has 0 bridgehead atoms. The van der Waals surface area contributed by atoms with E-state index in [0.717, 1.165) is 37.3 Å². The van der Waals surface area contributed by atoms with Gasteiger partial charge in [0.25, 0.3) is 0 Å². The summed E-state index contributed by atoms with van der Waals surface area (Å²) in [5.41, 5.74) is 0.968. The Balaban J connectivity index is 1.67. The van der Waals surface area contributed by atoms with Crippen LogP contribution in [0.3, 0.4) is 0 Å². The van der Waals surface area contributed by atoms with E-state index >= 15 is 0 Å². The lowest BCUT2D eigenvalue weighted by atomic mass is 10.0. The van der Waals surface area contributed by atoms with Crippen molar-refractivity contribution in [3.63, 3.8) is 0 Å². The fraction of sp³-hybridized carbons (Fsp3) is 0.526. The number of nitrogens with one attached hydrogen (secondary N) is 2. The van der Waals surface area contributed by atoms with Crippen LogP contribution in [0.15, 0.2) is 24.3 Å². The van der Waals surface area contributed by atoms with Gasteiger partial charge in [0.05, 0.1) is 19.3 Å². The van der Waals surface area contributed by atoms with Gasteiger partial charge in [-0.1, -0.05) is 19.1 Å². The monoisotopic (exact) mass is 407 g/mol. The Kier molecular flexibility index (Phi) is 7.30. The van der Waals surface area contributed by atoms with Gasteiger partial charge in [0.15, 0.2) is 4.77 Å². The van der Waals surface area contributed by atoms with E-state index in [1.165, 1.54) is 12.1 Å². The number of benzene rings is 1. The summed E-state index contributed by atoms with van der Waals surface area (Å²) in [6.45, 7) is 5.45. The normalized spacial score (nSPS) is 16.1. The molecule has 2 N–H and O–H groups in total. The van der Waals surface area contributed by atoms with Gasteiger partial charge in [-0.25, -0.2) is 4.39 Å². The highest BCUT2D eigenvalue weighted by Gasteiger charge is 2.23. The highest BCUT2D eigenvalue weighted by molar-refractivity contribution is 7.71. The number of rotatable bonds is 8. The van der Waals surface area contributed by atoms with Crippen LogP contribution in [-0.2, 0) is 22.5 Å². The number of amides is 1. The lowest BCUT2D eigenvalue weighted by Crippen LogP contribution is -2.44. The third kappa shape index (κ3) is 5.24. The quantitative estimate of drug-likeness (QED) is 0.657. The molecule has 1 aliphatic rings. The second-order valence-electron chi connectivity index (χ2n) is 6.80. The minimum Gasteiger partial charge on any atom is -0.379 e. The van der Waals surface area contributed by atoms with Crippen molar-refractivity contribution in [2.24, 2.45) is 0 Å². The number of aromatic nitrogens is 3. The van der Waals surface area contributed by atoms with Gasteiger partial charge < -0.3 is 10.1 Å². The Hall–Kier alpha value is -2.10. The van der Waals surface area contributed by atoms with Crippen LogP contribution in [-0.4, -0.2) is 58.4 Å². The van der Waals surface area contributed by atoms with E-state index in [4.69, 9.17) is 17.0 Å². The smallest absolute Gasteiger partial charge is 0.240 e. The van der Waals surface area contributed by atoms with Crippen molar-refractivity contribution in [1.29, 1.82) is 0 Å². The van der Waals surface area contributed by atoms with Gasteiger partial charge in [-0.2, -0.15) is 5.10 Å². The van der Waals surface area contributed by atoms with E-state index in [-0.39, 0.29) is 24.3 Å². The minimum absolute atomic E-state index is 0.0408. The summed E-state index contributed by atoms with van der Waals surface area (Å²) >= 11 is 5.24. The van der Waals surface area contributed by atoms with Crippen LogP contribution < -0.4 is 5.32 Å². The van der Waals surface area contributed by atoms with Gasteiger partial charge in [-0.05, 0) is 36.3 Å². The van der Waals surface area contributed by atoms with Crippen molar-refractivity contribution in [1.82, 2.24) is 25.0 Å². The molecule has 1 aromatic carbocycles. The summed E-state index contributed by atoms with van der Waals surface area (Å²) in [5, 5.41) is 9.95. The maximum absolute atomic E-state index is 13.3. The number of aryl methyl sites for hydroxylation is 1. The number of hydrogen-bond acceptors (Lipinski definition) is 5. The number of halogens is 1. The molecule has 0 saturated carbocycles. The Morgan fingerprint density at radius 3 is 2.75 bits per heavy atom. The molecular weight excluding hydrogens is 381 g/mol. The van der Waals surface area contributed by atoms with Gasteiger partial charge in [0, 0.05) is 26.1 Å². The van der Waals surface area contributed by atoms with Crippen molar-refractivity contribution < 1.29 is 13.9 Å². The van der Waals surface area contributed by atoms with E-state index in [2.05, 4.69) is 27.3 Å². The zero-order chi connectivity index (χ0) is 19.9. The van der Waals surface area contributed by atoms with Gasteiger partial charge in [0.1, 0.15) is 18.2 Å². The molecule has 28 heavy (non-hydrogen) atoms. The largest absolute Gasteiger partial charge is 0.379 e. The molecule has 1 aliphatic heterocycles. The zero-order valence-corrected chi connectivity index (χ0v) is 16.8. The topological polar surface area (TPSA) is 75.2 Å². The Bertz CT molecular complexity index is 830. The minimum atomic E-state index is -0.272. The molecule has 1 unspecified atom stereocenters. The van der Waals surface area contributed by atoms with Crippen molar-refractivity contribution in [3.8, 4) is 0 Å². The van der Waals surface area contributed by atoms with E-state index < -0.39 is 0 Å². The molecular formula is C19H26FN5O2S. The fourth-order valence-corrected chi connectivity index (χ4v) is 3.59. The summed E-state index contributed by atoms with van der Waals surface area (Å²) in [5.74, 6) is 0.382. The first kappa shape index (κ1) is 20.6. The second kappa shape index (κ2) is 9.90. The maximum Gasteiger partial charge on any atom is 0.240 e. The van der Waals surface area contributed by atoms with Crippen molar-refractivity contribution in [3.05, 3.63) is 46.2 Å². The predicted octanol–water partition coefficient (Wildman–Crippen LogP) is 2.22. The highest BCUT2D eigenvalue weighted by atomic mass is 32.1. The summed E-state index contributed by atoms with van der Waals surface area (Å²) in [4.78, 5) is 14.8. The molecule has 1 saturated heterocycles. The molecule has 2 heterocycles. The first-order valence-corrected chi connectivity index (χ1v) is 9.97. The lowest BCUT2D eigenvalue weighted by molar-refractivity contribution is -0.122. The van der Waals surface area contributed by atoms with Crippen LogP contribution in [0.5, 0.6) is 0 Å². The number of carbonyl (C=O) groups is 1. The average molecular weight is 408 g/mol. The van der Waals surface area contributed by atoms with Crippen LogP contribution >= 0.6 is 12.2 Å². The summed E-state index contributed by atoms with van der Waals surface area (Å²) in [6, 6.07) is 6.40. The van der Waals surface area contributed by atoms with Gasteiger partial charge in [-0.3, -0.25) is 19.4 Å². The fourth-order valence-electron chi connectivity index (χ4n) is 3.37. The third-order valence-corrected chi connectivity index (χ3v) is 5.16. The van der Waals surface area contributed by atoms with Gasteiger partial charge in [0.2, 0.25) is 5.91 Å². The number of aromatic amines is 1. The number of carbonyl (C=O) groups excluding carboxylic acids is 1. The number of morpholine rings is 1. The molecule has 3 rings (SSSR count). The van der Waals surface area contributed by atoms with Crippen LogP contribution in [0.25, 0.3) is 0 Å².